The number of rotatable bonds is 6. The van der Waals surface area contributed by atoms with Crippen LogP contribution in [0.4, 0.5) is 0 Å². The maximum absolute atomic E-state index is 12.1. The zero-order valence-electron chi connectivity index (χ0n) is 11.0. The second-order valence-electron chi connectivity index (χ2n) is 4.52. The predicted octanol–water partition coefficient (Wildman–Crippen LogP) is 1.71. The molecule has 4 nitrogen and oxygen atoms in total. The van der Waals surface area contributed by atoms with Crippen molar-refractivity contribution in [2.24, 2.45) is 5.73 Å². The molecule has 4 heteroatoms. The SMILES string of the molecule is COCCC(N)C(=O)Cc1ccnc2ccccc12. The van der Waals surface area contributed by atoms with Crippen LogP contribution in [-0.2, 0) is 16.0 Å². The molecule has 2 aromatic rings. The number of hydrogen-bond acceptors (Lipinski definition) is 4. The lowest BCUT2D eigenvalue weighted by molar-refractivity contribution is -0.120. The highest BCUT2D eigenvalue weighted by Crippen LogP contribution is 2.17. The summed E-state index contributed by atoms with van der Waals surface area (Å²) in [5.41, 5.74) is 7.73. The highest BCUT2D eigenvalue weighted by atomic mass is 16.5. The molecule has 0 saturated heterocycles. The number of carbonyl (C=O) groups is 1. The number of ether oxygens (including phenoxy) is 1. The normalized spacial score (nSPS) is 12.5. The number of carbonyl (C=O) groups excluding carboxylic acids is 1. The van der Waals surface area contributed by atoms with E-state index in [9.17, 15) is 4.79 Å². The van der Waals surface area contributed by atoms with Gasteiger partial charge in [-0.25, -0.2) is 0 Å². The number of nitrogens with two attached hydrogens (primary N) is 1. The van der Waals surface area contributed by atoms with E-state index in [2.05, 4.69) is 4.98 Å². The highest BCUT2D eigenvalue weighted by Gasteiger charge is 2.15. The Labute approximate surface area is 112 Å². The van der Waals surface area contributed by atoms with Crippen molar-refractivity contribution < 1.29 is 9.53 Å². The number of benzene rings is 1. The third kappa shape index (κ3) is 3.36. The van der Waals surface area contributed by atoms with Gasteiger partial charge in [-0.05, 0) is 24.1 Å². The lowest BCUT2D eigenvalue weighted by Gasteiger charge is -2.11. The van der Waals surface area contributed by atoms with Crippen LogP contribution < -0.4 is 5.73 Å². The second kappa shape index (κ2) is 6.41. The molecule has 19 heavy (non-hydrogen) atoms. The standard InChI is InChI=1S/C15H18N2O2/c1-19-9-7-13(16)15(18)10-11-6-8-17-14-5-3-2-4-12(11)14/h2-6,8,13H,7,9-10,16H2,1H3. The molecule has 1 atom stereocenters. The van der Waals surface area contributed by atoms with Crippen molar-refractivity contribution in [3.63, 3.8) is 0 Å². The molecule has 2 rings (SSSR count). The number of para-hydroxylation sites is 1. The van der Waals surface area contributed by atoms with Crippen LogP contribution in [0.5, 0.6) is 0 Å². The number of aromatic nitrogens is 1. The predicted molar refractivity (Wildman–Crippen MR) is 74.9 cm³/mol. The minimum atomic E-state index is -0.466. The number of fused-ring (bicyclic) bond motifs is 1. The van der Waals surface area contributed by atoms with Gasteiger partial charge in [0.15, 0.2) is 5.78 Å². The number of methoxy groups -OCH3 is 1. The van der Waals surface area contributed by atoms with Crippen LogP contribution >= 0.6 is 0 Å². The van der Waals surface area contributed by atoms with Crippen molar-refractivity contribution in [3.8, 4) is 0 Å². The lowest BCUT2D eigenvalue weighted by Crippen LogP contribution is -2.32. The first-order chi connectivity index (χ1) is 9.22. The Morgan fingerprint density at radius 1 is 1.37 bits per heavy atom. The van der Waals surface area contributed by atoms with E-state index in [1.807, 2.05) is 30.3 Å². The van der Waals surface area contributed by atoms with Gasteiger partial charge >= 0.3 is 0 Å². The first kappa shape index (κ1) is 13.6. The lowest BCUT2D eigenvalue weighted by atomic mass is 9.99. The first-order valence-electron chi connectivity index (χ1n) is 6.32. The van der Waals surface area contributed by atoms with Gasteiger partial charge in [0.05, 0.1) is 11.6 Å². The molecule has 100 valence electrons. The largest absolute Gasteiger partial charge is 0.385 e. The number of nitrogens with zero attached hydrogens (tertiary/aromatic N) is 1. The van der Waals surface area contributed by atoms with Crippen LogP contribution in [0.3, 0.4) is 0 Å². The third-order valence-electron chi connectivity index (χ3n) is 3.15. The first-order valence-corrected chi connectivity index (χ1v) is 6.32. The molecule has 1 aromatic carbocycles. The molecular weight excluding hydrogens is 240 g/mol. The molecule has 0 fully saturated rings. The van der Waals surface area contributed by atoms with E-state index in [0.29, 0.717) is 19.4 Å². The second-order valence-corrected chi connectivity index (χ2v) is 4.52. The Bertz CT molecular complexity index is 564. The third-order valence-corrected chi connectivity index (χ3v) is 3.15. The molecule has 0 aliphatic carbocycles. The maximum Gasteiger partial charge on any atom is 0.153 e. The molecule has 1 unspecified atom stereocenters. The average Bonchev–Trinajstić information content (AvgIpc) is 2.45. The topological polar surface area (TPSA) is 65.2 Å². The summed E-state index contributed by atoms with van der Waals surface area (Å²) in [5.74, 6) is 0.0356. The van der Waals surface area contributed by atoms with E-state index in [-0.39, 0.29) is 5.78 Å². The van der Waals surface area contributed by atoms with E-state index < -0.39 is 6.04 Å². The highest BCUT2D eigenvalue weighted by molar-refractivity contribution is 5.91. The van der Waals surface area contributed by atoms with Gasteiger partial charge in [0.2, 0.25) is 0 Å². The molecule has 2 N–H and O–H groups in total. The molecule has 0 amide bonds. The molecule has 1 heterocycles. The summed E-state index contributed by atoms with van der Waals surface area (Å²) in [6.07, 6.45) is 2.62. The van der Waals surface area contributed by atoms with Crippen molar-refractivity contribution in [3.05, 3.63) is 42.1 Å². The molecule has 0 aliphatic rings. The summed E-state index contributed by atoms with van der Waals surface area (Å²) in [7, 11) is 1.60. The summed E-state index contributed by atoms with van der Waals surface area (Å²) < 4.78 is 4.94. The Morgan fingerprint density at radius 3 is 2.95 bits per heavy atom. The van der Waals surface area contributed by atoms with Crippen molar-refractivity contribution in [1.29, 1.82) is 0 Å². The van der Waals surface area contributed by atoms with E-state index in [1.165, 1.54) is 0 Å². The van der Waals surface area contributed by atoms with Crippen LogP contribution in [0, 0.1) is 0 Å². The molecule has 0 spiro atoms. The quantitative estimate of drug-likeness (QED) is 0.856. The van der Waals surface area contributed by atoms with Crippen molar-refractivity contribution >= 4 is 16.7 Å². The van der Waals surface area contributed by atoms with Crippen LogP contribution in [0.1, 0.15) is 12.0 Å². The van der Waals surface area contributed by atoms with E-state index in [0.717, 1.165) is 16.5 Å². The minimum absolute atomic E-state index is 0.0356. The number of Topliss-reactive ketones (excluding diaryl/α,β-unsaturated/α-hetero) is 1. The molecule has 0 bridgehead atoms. The summed E-state index contributed by atoms with van der Waals surface area (Å²) in [6.45, 7) is 0.504. The van der Waals surface area contributed by atoms with Crippen LogP contribution in [0.25, 0.3) is 10.9 Å². The fourth-order valence-corrected chi connectivity index (χ4v) is 2.03. The maximum atomic E-state index is 12.1. The van der Waals surface area contributed by atoms with E-state index >= 15 is 0 Å². The Balaban J connectivity index is 2.15. The molecule has 0 radical (unpaired) electrons. The van der Waals surface area contributed by atoms with Gasteiger partial charge in [0, 0.05) is 31.7 Å². The minimum Gasteiger partial charge on any atom is -0.385 e. The van der Waals surface area contributed by atoms with Gasteiger partial charge in [-0.15, -0.1) is 0 Å². The fourth-order valence-electron chi connectivity index (χ4n) is 2.03. The Kier molecular flexibility index (Phi) is 4.60. The van der Waals surface area contributed by atoms with Crippen LogP contribution in [0.2, 0.25) is 0 Å². The van der Waals surface area contributed by atoms with Crippen molar-refractivity contribution in [2.45, 2.75) is 18.9 Å². The smallest absolute Gasteiger partial charge is 0.153 e. The Morgan fingerprint density at radius 2 is 2.16 bits per heavy atom. The van der Waals surface area contributed by atoms with Gasteiger partial charge in [-0.2, -0.15) is 0 Å². The molecule has 1 aromatic heterocycles. The van der Waals surface area contributed by atoms with Gasteiger partial charge < -0.3 is 10.5 Å². The summed E-state index contributed by atoms with van der Waals surface area (Å²) in [5, 5.41) is 1.01. The zero-order chi connectivity index (χ0) is 13.7. The van der Waals surface area contributed by atoms with E-state index in [4.69, 9.17) is 10.5 Å². The summed E-state index contributed by atoms with van der Waals surface area (Å²) in [4.78, 5) is 16.3. The van der Waals surface area contributed by atoms with Crippen LogP contribution in [0.15, 0.2) is 36.5 Å². The molecule has 0 aliphatic heterocycles. The number of hydrogen-bond donors (Lipinski definition) is 1. The summed E-state index contributed by atoms with van der Waals surface area (Å²) >= 11 is 0. The fraction of sp³-hybridized carbons (Fsp3) is 0.333. The molecule has 0 saturated carbocycles. The van der Waals surface area contributed by atoms with Gasteiger partial charge in [-0.1, -0.05) is 18.2 Å². The summed E-state index contributed by atoms with van der Waals surface area (Å²) in [6, 6.07) is 9.21. The van der Waals surface area contributed by atoms with Gasteiger partial charge in [-0.3, -0.25) is 9.78 Å². The number of pyridine rings is 1. The molecular formula is C15H18N2O2. The zero-order valence-corrected chi connectivity index (χ0v) is 11.0. The monoisotopic (exact) mass is 258 g/mol. The van der Waals surface area contributed by atoms with Gasteiger partial charge in [0.25, 0.3) is 0 Å². The van der Waals surface area contributed by atoms with Crippen molar-refractivity contribution in [1.82, 2.24) is 4.98 Å². The average molecular weight is 258 g/mol. The van der Waals surface area contributed by atoms with Crippen LogP contribution in [-0.4, -0.2) is 30.5 Å². The van der Waals surface area contributed by atoms with Gasteiger partial charge in [0.1, 0.15) is 0 Å². The number of ketones is 1. The Hall–Kier alpha value is -1.78. The van der Waals surface area contributed by atoms with Crippen molar-refractivity contribution in [2.75, 3.05) is 13.7 Å². The van der Waals surface area contributed by atoms with E-state index in [1.54, 1.807) is 13.3 Å².